The number of amides is 1. The maximum Gasteiger partial charge on any atom is 0.237 e. The summed E-state index contributed by atoms with van der Waals surface area (Å²) in [5, 5.41) is 12.2. The zero-order chi connectivity index (χ0) is 15.4. The van der Waals surface area contributed by atoms with Gasteiger partial charge in [0.1, 0.15) is 0 Å². The van der Waals surface area contributed by atoms with Crippen LogP contribution >= 0.6 is 0 Å². The molecule has 9 N–H and O–H groups in total. The normalized spacial score (nSPS) is 13.3. The molecular formula is C12H25N6O2. The third-order valence-electron chi connectivity index (χ3n) is 2.75. The van der Waals surface area contributed by atoms with Crippen molar-refractivity contribution in [2.75, 3.05) is 13.1 Å². The molecule has 1 amide bonds. The molecule has 0 aromatic heterocycles. The Morgan fingerprint density at radius 1 is 1.25 bits per heavy atom. The first-order valence-corrected chi connectivity index (χ1v) is 6.72. The predicted octanol–water partition coefficient (Wildman–Crippen LogP) is -1.70. The molecule has 1 radical (unpaired) electrons. The minimum absolute atomic E-state index is 0.112. The van der Waals surface area contributed by atoms with Crippen LogP contribution in [-0.4, -0.2) is 43.3 Å². The topological polar surface area (TPSA) is 160 Å². The standard InChI is InChI=1S/C12H25N6O2/c13-6-2-1-4-9(8-19)18-11(20)10(14)5-3-7-17-12(15)16/h9-10H,1-7,13-14H2,(H,18,20)(H4,15,16,17)/t9-,10-/m0/s1. The van der Waals surface area contributed by atoms with Crippen molar-refractivity contribution in [2.45, 2.75) is 44.2 Å². The van der Waals surface area contributed by atoms with Crippen LogP contribution in [0.15, 0.2) is 0 Å². The van der Waals surface area contributed by atoms with Crippen molar-refractivity contribution in [1.29, 1.82) is 5.41 Å². The van der Waals surface area contributed by atoms with Gasteiger partial charge >= 0.3 is 0 Å². The summed E-state index contributed by atoms with van der Waals surface area (Å²) in [7, 11) is 0. The number of rotatable bonds is 11. The summed E-state index contributed by atoms with van der Waals surface area (Å²) >= 11 is 0. The fourth-order valence-corrected chi connectivity index (χ4v) is 1.61. The fraction of sp³-hybridized carbons (Fsp3) is 0.750. The van der Waals surface area contributed by atoms with E-state index in [1.165, 1.54) is 0 Å². The van der Waals surface area contributed by atoms with Crippen molar-refractivity contribution in [3.63, 3.8) is 0 Å². The molecule has 8 heteroatoms. The van der Waals surface area contributed by atoms with Gasteiger partial charge in [-0.2, -0.15) is 0 Å². The Labute approximate surface area is 119 Å². The lowest BCUT2D eigenvalue weighted by molar-refractivity contribution is -0.122. The molecule has 0 unspecified atom stereocenters. The lowest BCUT2D eigenvalue weighted by Gasteiger charge is -2.16. The Hall–Kier alpha value is -1.67. The molecule has 8 nitrogen and oxygen atoms in total. The van der Waals surface area contributed by atoms with Crippen LogP contribution in [-0.2, 0) is 9.59 Å². The van der Waals surface area contributed by atoms with Crippen LogP contribution < -0.4 is 27.8 Å². The van der Waals surface area contributed by atoms with Gasteiger partial charge in [0.2, 0.25) is 12.2 Å². The molecule has 0 aliphatic heterocycles. The highest BCUT2D eigenvalue weighted by atomic mass is 16.2. The molecular weight excluding hydrogens is 260 g/mol. The highest BCUT2D eigenvalue weighted by Crippen LogP contribution is 2.00. The van der Waals surface area contributed by atoms with E-state index < -0.39 is 12.1 Å². The van der Waals surface area contributed by atoms with Crippen molar-refractivity contribution < 1.29 is 9.59 Å². The second-order valence-corrected chi connectivity index (χ2v) is 4.55. The van der Waals surface area contributed by atoms with E-state index >= 15 is 0 Å². The van der Waals surface area contributed by atoms with E-state index in [9.17, 15) is 9.59 Å². The van der Waals surface area contributed by atoms with Gasteiger partial charge in [-0.25, -0.2) is 0 Å². The van der Waals surface area contributed by atoms with Crippen molar-refractivity contribution in [3.8, 4) is 0 Å². The number of carbonyl (C=O) groups is 1. The third kappa shape index (κ3) is 9.29. The summed E-state index contributed by atoms with van der Waals surface area (Å²) in [6.07, 6.45) is 4.93. The molecule has 20 heavy (non-hydrogen) atoms. The summed E-state index contributed by atoms with van der Waals surface area (Å²) in [6, 6.07) is -1.32. The van der Waals surface area contributed by atoms with Crippen LogP contribution in [0.2, 0.25) is 0 Å². The Balaban J connectivity index is 3.90. The van der Waals surface area contributed by atoms with Crippen LogP contribution in [0.25, 0.3) is 0 Å². The van der Waals surface area contributed by atoms with E-state index in [0.29, 0.717) is 32.4 Å². The monoisotopic (exact) mass is 285 g/mol. The van der Waals surface area contributed by atoms with E-state index in [1.54, 1.807) is 6.29 Å². The predicted molar refractivity (Wildman–Crippen MR) is 77.7 cm³/mol. The summed E-state index contributed by atoms with van der Waals surface area (Å²) < 4.78 is 0. The SMILES string of the molecule is N=C(N)NCCC[C@H](N)C(=O)N[C@H]([C]=O)CCCCN. The van der Waals surface area contributed by atoms with Crippen LogP contribution in [0.3, 0.4) is 0 Å². The second-order valence-electron chi connectivity index (χ2n) is 4.55. The maximum atomic E-state index is 11.7. The maximum absolute atomic E-state index is 11.7. The smallest absolute Gasteiger partial charge is 0.237 e. The molecule has 0 saturated carbocycles. The highest BCUT2D eigenvalue weighted by Gasteiger charge is 2.17. The minimum Gasteiger partial charge on any atom is -0.370 e. The Morgan fingerprint density at radius 3 is 2.50 bits per heavy atom. The molecule has 0 aromatic rings. The van der Waals surface area contributed by atoms with Crippen molar-refractivity contribution in [2.24, 2.45) is 17.2 Å². The molecule has 0 fully saturated rings. The number of unbranched alkanes of at least 4 members (excludes halogenated alkanes) is 1. The lowest BCUT2D eigenvalue weighted by Crippen LogP contribution is -2.46. The second kappa shape index (κ2) is 11.2. The Bertz CT molecular complexity index is 310. The first-order valence-electron chi connectivity index (χ1n) is 6.72. The first kappa shape index (κ1) is 18.3. The zero-order valence-electron chi connectivity index (χ0n) is 11.7. The van der Waals surface area contributed by atoms with Gasteiger partial charge in [0.15, 0.2) is 5.96 Å². The average molecular weight is 285 g/mol. The van der Waals surface area contributed by atoms with Crippen LogP contribution in [0.5, 0.6) is 0 Å². The van der Waals surface area contributed by atoms with Gasteiger partial charge in [-0.15, -0.1) is 0 Å². The zero-order valence-corrected chi connectivity index (χ0v) is 11.7. The highest BCUT2D eigenvalue weighted by molar-refractivity contribution is 5.84. The molecule has 0 spiro atoms. The molecule has 0 aromatic carbocycles. The number of carbonyl (C=O) groups excluding carboxylic acids is 2. The van der Waals surface area contributed by atoms with E-state index in [-0.39, 0.29) is 11.9 Å². The largest absolute Gasteiger partial charge is 0.370 e. The van der Waals surface area contributed by atoms with E-state index in [0.717, 1.165) is 12.8 Å². The summed E-state index contributed by atoms with van der Waals surface area (Å²) in [6.45, 7) is 1.04. The van der Waals surface area contributed by atoms with Gasteiger partial charge in [0.25, 0.3) is 0 Å². The molecule has 0 aliphatic carbocycles. The van der Waals surface area contributed by atoms with E-state index in [4.69, 9.17) is 22.6 Å². The Morgan fingerprint density at radius 2 is 1.95 bits per heavy atom. The lowest BCUT2D eigenvalue weighted by atomic mass is 10.1. The van der Waals surface area contributed by atoms with Gasteiger partial charge < -0.3 is 27.8 Å². The van der Waals surface area contributed by atoms with Crippen molar-refractivity contribution >= 4 is 18.2 Å². The van der Waals surface area contributed by atoms with Crippen LogP contribution in [0.4, 0.5) is 0 Å². The number of nitrogens with one attached hydrogen (secondary N) is 3. The molecule has 115 valence electrons. The third-order valence-corrected chi connectivity index (χ3v) is 2.75. The number of hydrogen-bond donors (Lipinski definition) is 6. The number of nitrogens with two attached hydrogens (primary N) is 3. The quantitative estimate of drug-likeness (QED) is 0.151. The van der Waals surface area contributed by atoms with Crippen LogP contribution in [0, 0.1) is 5.41 Å². The first-order chi connectivity index (χ1) is 9.51. The van der Waals surface area contributed by atoms with Gasteiger partial charge in [0, 0.05) is 6.54 Å². The van der Waals surface area contributed by atoms with Crippen molar-refractivity contribution in [1.82, 2.24) is 10.6 Å². The number of guanidine groups is 1. The fourth-order valence-electron chi connectivity index (χ4n) is 1.61. The average Bonchev–Trinajstić information content (AvgIpc) is 2.41. The van der Waals surface area contributed by atoms with Gasteiger partial charge in [-0.1, -0.05) is 0 Å². The summed E-state index contributed by atoms with van der Waals surface area (Å²) in [5.41, 5.74) is 16.2. The molecule has 0 heterocycles. The summed E-state index contributed by atoms with van der Waals surface area (Å²) in [5.74, 6) is -0.479. The van der Waals surface area contributed by atoms with E-state index in [2.05, 4.69) is 10.6 Å². The van der Waals surface area contributed by atoms with Gasteiger partial charge in [0.05, 0.1) is 12.1 Å². The van der Waals surface area contributed by atoms with Crippen molar-refractivity contribution in [3.05, 3.63) is 0 Å². The molecule has 0 bridgehead atoms. The number of hydrogen-bond acceptors (Lipinski definition) is 5. The minimum atomic E-state index is -0.686. The van der Waals surface area contributed by atoms with Crippen LogP contribution in [0.1, 0.15) is 32.1 Å². The molecule has 0 saturated heterocycles. The van der Waals surface area contributed by atoms with E-state index in [1.807, 2.05) is 0 Å². The molecule has 0 aliphatic rings. The molecule has 0 rings (SSSR count). The summed E-state index contributed by atoms with van der Waals surface area (Å²) in [4.78, 5) is 22.5. The Kier molecular flexibility index (Phi) is 10.2. The van der Waals surface area contributed by atoms with Gasteiger partial charge in [-0.05, 0) is 38.6 Å². The van der Waals surface area contributed by atoms with Gasteiger partial charge in [-0.3, -0.25) is 15.0 Å². The molecule has 2 atom stereocenters.